The molecule has 2 aromatic carbocycles. The number of aryl methyl sites for hydroxylation is 1. The molecule has 0 aliphatic carbocycles. The molecule has 5 aromatic rings. The standard InChI is InChI=1S/C25H20N4O2/c1-16-13-18-14-19(7-9-23(18)29(16)25(30)26-2)31-24-10-12-28-22-15-17(6-8-20(22)24)21-5-3-4-11-27-21/h3-15H,1-2H3,(H,26,30). The molecule has 1 N–H and O–H groups in total. The van der Waals surface area contributed by atoms with Crippen LogP contribution in [0.4, 0.5) is 4.79 Å². The number of rotatable bonds is 3. The Balaban J connectivity index is 1.51. The van der Waals surface area contributed by atoms with Gasteiger partial charge in [-0.15, -0.1) is 0 Å². The Bertz CT molecular complexity index is 1420. The number of carbonyl (C=O) groups is 1. The molecule has 0 saturated heterocycles. The monoisotopic (exact) mass is 408 g/mol. The first-order chi connectivity index (χ1) is 15.1. The van der Waals surface area contributed by atoms with Crippen LogP contribution in [-0.4, -0.2) is 27.6 Å². The summed E-state index contributed by atoms with van der Waals surface area (Å²) in [5, 5.41) is 4.53. The summed E-state index contributed by atoms with van der Waals surface area (Å²) in [5.74, 6) is 1.42. The zero-order valence-electron chi connectivity index (χ0n) is 17.2. The number of hydrogen-bond donors (Lipinski definition) is 1. The average molecular weight is 408 g/mol. The van der Waals surface area contributed by atoms with E-state index in [9.17, 15) is 4.79 Å². The molecule has 152 valence electrons. The quantitative estimate of drug-likeness (QED) is 0.426. The molecule has 0 bridgehead atoms. The highest BCUT2D eigenvalue weighted by Crippen LogP contribution is 2.33. The fraction of sp³-hybridized carbons (Fsp3) is 0.0800. The minimum Gasteiger partial charge on any atom is -0.457 e. The van der Waals surface area contributed by atoms with Crippen molar-refractivity contribution in [1.82, 2.24) is 19.9 Å². The molecule has 0 unspecified atom stereocenters. The molecular formula is C25H20N4O2. The lowest BCUT2D eigenvalue weighted by atomic mass is 10.1. The third-order valence-electron chi connectivity index (χ3n) is 5.27. The second-order valence-corrected chi connectivity index (χ2v) is 7.25. The van der Waals surface area contributed by atoms with Gasteiger partial charge in [-0.1, -0.05) is 12.1 Å². The van der Waals surface area contributed by atoms with E-state index in [4.69, 9.17) is 4.74 Å². The molecule has 0 saturated carbocycles. The van der Waals surface area contributed by atoms with Gasteiger partial charge in [0.15, 0.2) is 0 Å². The van der Waals surface area contributed by atoms with Crippen LogP contribution in [0, 0.1) is 6.92 Å². The Morgan fingerprint density at radius 1 is 0.968 bits per heavy atom. The highest BCUT2D eigenvalue weighted by Gasteiger charge is 2.13. The molecule has 6 heteroatoms. The number of carbonyl (C=O) groups excluding carboxylic acids is 1. The van der Waals surface area contributed by atoms with Crippen molar-refractivity contribution in [2.24, 2.45) is 0 Å². The van der Waals surface area contributed by atoms with Gasteiger partial charge >= 0.3 is 6.03 Å². The smallest absolute Gasteiger partial charge is 0.325 e. The van der Waals surface area contributed by atoms with Gasteiger partial charge < -0.3 is 10.1 Å². The second kappa shape index (κ2) is 7.57. The predicted molar refractivity (Wildman–Crippen MR) is 122 cm³/mol. The summed E-state index contributed by atoms with van der Waals surface area (Å²) in [7, 11) is 1.62. The summed E-state index contributed by atoms with van der Waals surface area (Å²) < 4.78 is 7.87. The van der Waals surface area contributed by atoms with Gasteiger partial charge in [0.25, 0.3) is 0 Å². The summed E-state index contributed by atoms with van der Waals surface area (Å²) in [6, 6.07) is 21.3. The normalized spacial score (nSPS) is 11.0. The fourth-order valence-electron chi connectivity index (χ4n) is 3.81. The van der Waals surface area contributed by atoms with Gasteiger partial charge in [0.1, 0.15) is 11.5 Å². The first-order valence-electron chi connectivity index (χ1n) is 9.96. The van der Waals surface area contributed by atoms with Crippen LogP contribution in [0.25, 0.3) is 33.1 Å². The topological polar surface area (TPSA) is 69.0 Å². The summed E-state index contributed by atoms with van der Waals surface area (Å²) in [4.78, 5) is 21.1. The molecule has 0 aliphatic heterocycles. The number of amides is 1. The van der Waals surface area contributed by atoms with Crippen LogP contribution in [0.15, 0.2) is 79.1 Å². The van der Waals surface area contributed by atoms with Crippen LogP contribution in [0.2, 0.25) is 0 Å². The number of benzene rings is 2. The van der Waals surface area contributed by atoms with E-state index in [1.54, 1.807) is 24.0 Å². The Labute approximate surface area is 179 Å². The summed E-state index contributed by atoms with van der Waals surface area (Å²) in [6.45, 7) is 1.91. The van der Waals surface area contributed by atoms with Gasteiger partial charge in [-0.25, -0.2) is 4.79 Å². The molecule has 6 nitrogen and oxygen atoms in total. The lowest BCUT2D eigenvalue weighted by Crippen LogP contribution is -2.25. The van der Waals surface area contributed by atoms with E-state index in [1.807, 2.05) is 73.7 Å². The van der Waals surface area contributed by atoms with Crippen molar-refractivity contribution < 1.29 is 9.53 Å². The third-order valence-corrected chi connectivity index (χ3v) is 5.27. The van der Waals surface area contributed by atoms with E-state index < -0.39 is 0 Å². The van der Waals surface area contributed by atoms with Gasteiger partial charge in [-0.3, -0.25) is 14.5 Å². The second-order valence-electron chi connectivity index (χ2n) is 7.25. The van der Waals surface area contributed by atoms with Crippen LogP contribution in [0.3, 0.4) is 0 Å². The van der Waals surface area contributed by atoms with Crippen molar-refractivity contribution in [2.45, 2.75) is 6.92 Å². The van der Waals surface area contributed by atoms with Crippen LogP contribution >= 0.6 is 0 Å². The number of aromatic nitrogens is 3. The first-order valence-corrected chi connectivity index (χ1v) is 9.96. The van der Waals surface area contributed by atoms with Gasteiger partial charge in [0.2, 0.25) is 0 Å². The zero-order valence-corrected chi connectivity index (χ0v) is 17.2. The number of nitrogens with zero attached hydrogens (tertiary/aromatic N) is 3. The highest BCUT2D eigenvalue weighted by atomic mass is 16.5. The Morgan fingerprint density at radius 3 is 2.68 bits per heavy atom. The molecule has 0 aliphatic rings. The van der Waals surface area contributed by atoms with Gasteiger partial charge in [0.05, 0.1) is 16.7 Å². The van der Waals surface area contributed by atoms with Crippen LogP contribution in [0.5, 0.6) is 11.5 Å². The molecular weight excluding hydrogens is 388 g/mol. The molecule has 0 spiro atoms. The Kier molecular flexibility index (Phi) is 4.59. The number of nitrogens with one attached hydrogen (secondary N) is 1. The van der Waals surface area contributed by atoms with Gasteiger partial charge in [-0.05, 0) is 61.5 Å². The lowest BCUT2D eigenvalue weighted by Gasteiger charge is -2.10. The van der Waals surface area contributed by atoms with E-state index >= 15 is 0 Å². The number of fused-ring (bicyclic) bond motifs is 2. The molecule has 5 rings (SSSR count). The summed E-state index contributed by atoms with van der Waals surface area (Å²) >= 11 is 0. The molecule has 0 radical (unpaired) electrons. The predicted octanol–water partition coefficient (Wildman–Crippen LogP) is 5.54. The van der Waals surface area contributed by atoms with E-state index in [0.717, 1.165) is 44.5 Å². The molecule has 31 heavy (non-hydrogen) atoms. The third kappa shape index (κ3) is 3.38. The Morgan fingerprint density at radius 2 is 1.87 bits per heavy atom. The van der Waals surface area contributed by atoms with E-state index in [-0.39, 0.29) is 6.03 Å². The minimum atomic E-state index is -0.162. The Hall–Kier alpha value is -4.19. The van der Waals surface area contributed by atoms with Gasteiger partial charge in [-0.2, -0.15) is 0 Å². The first kappa shape index (κ1) is 18.8. The van der Waals surface area contributed by atoms with Crippen molar-refractivity contribution >= 4 is 27.8 Å². The average Bonchev–Trinajstić information content (AvgIpc) is 3.14. The zero-order chi connectivity index (χ0) is 21.4. The highest BCUT2D eigenvalue weighted by molar-refractivity contribution is 5.94. The maximum atomic E-state index is 12.2. The van der Waals surface area contributed by atoms with E-state index in [0.29, 0.717) is 5.75 Å². The largest absolute Gasteiger partial charge is 0.457 e. The van der Waals surface area contributed by atoms with Crippen molar-refractivity contribution in [2.75, 3.05) is 7.05 Å². The molecule has 0 fully saturated rings. The number of hydrogen-bond acceptors (Lipinski definition) is 4. The summed E-state index contributed by atoms with van der Waals surface area (Å²) in [6.07, 6.45) is 3.52. The van der Waals surface area contributed by atoms with Crippen molar-refractivity contribution in [3.8, 4) is 22.8 Å². The van der Waals surface area contributed by atoms with E-state index in [2.05, 4.69) is 15.3 Å². The molecule has 1 amide bonds. The van der Waals surface area contributed by atoms with Crippen molar-refractivity contribution in [3.05, 3.63) is 84.8 Å². The molecule has 3 aromatic heterocycles. The van der Waals surface area contributed by atoms with Crippen molar-refractivity contribution in [3.63, 3.8) is 0 Å². The van der Waals surface area contributed by atoms with Crippen molar-refractivity contribution in [1.29, 1.82) is 0 Å². The maximum absolute atomic E-state index is 12.2. The fourth-order valence-corrected chi connectivity index (χ4v) is 3.81. The molecule has 0 atom stereocenters. The SMILES string of the molecule is CNC(=O)n1c(C)cc2cc(Oc3ccnc4cc(-c5ccccn5)ccc34)ccc21. The number of pyridine rings is 2. The lowest BCUT2D eigenvalue weighted by molar-refractivity contribution is 0.245. The van der Waals surface area contributed by atoms with Crippen LogP contribution < -0.4 is 10.1 Å². The summed E-state index contributed by atoms with van der Waals surface area (Å²) in [5.41, 5.74) is 4.44. The van der Waals surface area contributed by atoms with Gasteiger partial charge in [0, 0.05) is 41.5 Å². The maximum Gasteiger partial charge on any atom is 0.325 e. The van der Waals surface area contributed by atoms with Crippen LogP contribution in [-0.2, 0) is 0 Å². The van der Waals surface area contributed by atoms with E-state index in [1.165, 1.54) is 0 Å². The van der Waals surface area contributed by atoms with Crippen LogP contribution in [0.1, 0.15) is 5.69 Å². The molecule has 3 heterocycles. The minimum absolute atomic E-state index is 0.162. The number of ether oxygens (including phenoxy) is 1.